The highest BCUT2D eigenvalue weighted by molar-refractivity contribution is 4.87. The van der Waals surface area contributed by atoms with Crippen molar-refractivity contribution in [3.63, 3.8) is 0 Å². The van der Waals surface area contributed by atoms with Crippen LogP contribution in [0.2, 0.25) is 0 Å². The van der Waals surface area contributed by atoms with Crippen molar-refractivity contribution in [3.05, 3.63) is 31.2 Å². The average Bonchev–Trinajstić information content (AvgIpc) is 2.31. The van der Waals surface area contributed by atoms with Gasteiger partial charge in [0.15, 0.2) is 0 Å². The molecule has 0 aliphatic heterocycles. The van der Waals surface area contributed by atoms with Crippen LogP contribution in [0.4, 0.5) is 0 Å². The van der Waals surface area contributed by atoms with Gasteiger partial charge in [-0.05, 0) is 32.1 Å². The Kier molecular flexibility index (Phi) is 14.0. The molecule has 1 radical (unpaired) electrons. The van der Waals surface area contributed by atoms with Gasteiger partial charge in [-0.25, -0.2) is 0 Å². The Morgan fingerprint density at radius 2 is 1.25 bits per heavy atom. The molecule has 0 amide bonds. The van der Waals surface area contributed by atoms with E-state index in [1.54, 1.807) is 0 Å². The van der Waals surface area contributed by atoms with Gasteiger partial charge in [0.2, 0.25) is 0 Å². The van der Waals surface area contributed by atoms with Gasteiger partial charge in [-0.1, -0.05) is 70.3 Å². The first-order valence-electron chi connectivity index (χ1n) is 7.01. The summed E-state index contributed by atoms with van der Waals surface area (Å²) < 4.78 is 0. The Morgan fingerprint density at radius 3 is 1.81 bits per heavy atom. The smallest absolute Gasteiger partial charge is 0.0316 e. The van der Waals surface area contributed by atoms with Crippen LogP contribution >= 0.6 is 0 Å². The Labute approximate surface area is 103 Å². The third-order valence-electron chi connectivity index (χ3n) is 2.68. The molecule has 0 aromatic rings. The second-order valence-electron chi connectivity index (χ2n) is 4.37. The fraction of sp³-hybridized carbons (Fsp3) is 0.688. The van der Waals surface area contributed by atoms with E-state index in [4.69, 9.17) is 0 Å². The zero-order valence-corrected chi connectivity index (χ0v) is 11.1. The van der Waals surface area contributed by atoms with E-state index >= 15 is 0 Å². The van der Waals surface area contributed by atoms with Crippen molar-refractivity contribution in [1.82, 2.24) is 0 Å². The Balaban J connectivity index is 3.12. The highest BCUT2D eigenvalue weighted by Crippen LogP contribution is 2.04. The summed E-state index contributed by atoms with van der Waals surface area (Å²) in [6.45, 7) is 6.09. The van der Waals surface area contributed by atoms with Crippen LogP contribution in [0.15, 0.2) is 24.3 Å². The zero-order valence-electron chi connectivity index (χ0n) is 11.1. The van der Waals surface area contributed by atoms with Crippen LogP contribution in [-0.2, 0) is 0 Å². The van der Waals surface area contributed by atoms with E-state index in [1.807, 2.05) is 0 Å². The number of allylic oxidation sites excluding steroid dienone is 4. The number of rotatable bonds is 11. The molecule has 0 saturated heterocycles. The zero-order chi connectivity index (χ0) is 11.9. The molecule has 0 fully saturated rings. The highest BCUT2D eigenvalue weighted by Gasteiger charge is 1.84. The van der Waals surface area contributed by atoms with Crippen molar-refractivity contribution >= 4 is 0 Å². The number of unbranched alkanes of at least 4 members (excludes halogenated alkanes) is 7. The molecule has 0 unspecified atom stereocenters. The van der Waals surface area contributed by atoms with Gasteiger partial charge in [0.25, 0.3) is 0 Å². The van der Waals surface area contributed by atoms with Crippen LogP contribution in [-0.4, -0.2) is 0 Å². The molecule has 0 aliphatic carbocycles. The van der Waals surface area contributed by atoms with Crippen molar-refractivity contribution in [2.24, 2.45) is 0 Å². The van der Waals surface area contributed by atoms with Crippen LogP contribution in [0.1, 0.15) is 71.1 Å². The standard InChI is InChI=1S/C16H29/c1-3-5-7-9-11-13-15-16-14-12-10-8-6-4-2/h10,12-13,15H,1,3-9,11,14,16H2,2H3/b12-10-,15-13+. The van der Waals surface area contributed by atoms with Crippen molar-refractivity contribution < 1.29 is 0 Å². The average molecular weight is 221 g/mol. The molecule has 0 atom stereocenters. The topological polar surface area (TPSA) is 0 Å². The summed E-state index contributed by atoms with van der Waals surface area (Å²) in [5, 5.41) is 0. The van der Waals surface area contributed by atoms with E-state index in [-0.39, 0.29) is 0 Å². The maximum absolute atomic E-state index is 3.85. The summed E-state index contributed by atoms with van der Waals surface area (Å²) in [6, 6.07) is 0. The van der Waals surface area contributed by atoms with Gasteiger partial charge in [0, 0.05) is 0 Å². The van der Waals surface area contributed by atoms with Gasteiger partial charge >= 0.3 is 0 Å². The Hall–Kier alpha value is -0.520. The molecule has 0 saturated carbocycles. The van der Waals surface area contributed by atoms with Crippen molar-refractivity contribution in [2.75, 3.05) is 0 Å². The predicted octanol–water partition coefficient (Wildman–Crippen LogP) is 5.85. The van der Waals surface area contributed by atoms with Gasteiger partial charge < -0.3 is 0 Å². The molecular weight excluding hydrogens is 192 g/mol. The lowest BCUT2D eigenvalue weighted by atomic mass is 10.1. The van der Waals surface area contributed by atoms with Crippen LogP contribution < -0.4 is 0 Å². The van der Waals surface area contributed by atoms with E-state index in [0.29, 0.717) is 0 Å². The molecule has 0 nitrogen and oxygen atoms in total. The quantitative estimate of drug-likeness (QED) is 0.303. The van der Waals surface area contributed by atoms with Gasteiger partial charge in [0.05, 0.1) is 0 Å². The maximum Gasteiger partial charge on any atom is -0.0316 e. The molecular formula is C16H29. The van der Waals surface area contributed by atoms with Gasteiger partial charge in [-0.2, -0.15) is 0 Å². The first-order chi connectivity index (χ1) is 7.91. The second kappa shape index (κ2) is 14.5. The van der Waals surface area contributed by atoms with E-state index in [9.17, 15) is 0 Å². The minimum atomic E-state index is 1.09. The van der Waals surface area contributed by atoms with E-state index in [0.717, 1.165) is 6.42 Å². The number of hydrogen-bond donors (Lipinski definition) is 0. The first-order valence-corrected chi connectivity index (χ1v) is 7.01. The normalized spacial score (nSPS) is 11.9. The molecule has 0 aromatic heterocycles. The van der Waals surface area contributed by atoms with Gasteiger partial charge in [-0.15, -0.1) is 0 Å². The third kappa shape index (κ3) is 13.5. The summed E-state index contributed by atoms with van der Waals surface area (Å²) in [4.78, 5) is 0. The molecule has 0 bridgehead atoms. The van der Waals surface area contributed by atoms with Crippen LogP contribution in [0.3, 0.4) is 0 Å². The lowest BCUT2D eigenvalue weighted by molar-refractivity contribution is 0.694. The lowest BCUT2D eigenvalue weighted by Crippen LogP contribution is -1.74. The minimum Gasteiger partial charge on any atom is -0.0885 e. The van der Waals surface area contributed by atoms with Gasteiger partial charge in [0.1, 0.15) is 0 Å². The van der Waals surface area contributed by atoms with Gasteiger partial charge in [-0.3, -0.25) is 0 Å². The fourth-order valence-corrected chi connectivity index (χ4v) is 1.60. The van der Waals surface area contributed by atoms with Crippen molar-refractivity contribution in [1.29, 1.82) is 0 Å². The summed E-state index contributed by atoms with van der Waals surface area (Å²) >= 11 is 0. The molecule has 0 N–H and O–H groups in total. The molecule has 16 heavy (non-hydrogen) atoms. The molecule has 0 spiro atoms. The van der Waals surface area contributed by atoms with Crippen molar-refractivity contribution in [2.45, 2.75) is 71.1 Å². The Bertz CT molecular complexity index is 165. The number of hydrogen-bond acceptors (Lipinski definition) is 0. The third-order valence-corrected chi connectivity index (χ3v) is 2.68. The summed E-state index contributed by atoms with van der Waals surface area (Å²) in [5.74, 6) is 0. The molecule has 0 aromatic carbocycles. The molecule has 0 rings (SSSR count). The molecule has 0 heterocycles. The lowest BCUT2D eigenvalue weighted by Gasteiger charge is -1.94. The van der Waals surface area contributed by atoms with Crippen LogP contribution in [0.5, 0.6) is 0 Å². The Morgan fingerprint density at radius 1 is 0.688 bits per heavy atom. The predicted molar refractivity (Wildman–Crippen MR) is 75.5 cm³/mol. The van der Waals surface area contributed by atoms with Crippen molar-refractivity contribution in [3.8, 4) is 0 Å². The first kappa shape index (κ1) is 15.5. The summed E-state index contributed by atoms with van der Waals surface area (Å²) in [7, 11) is 0. The summed E-state index contributed by atoms with van der Waals surface area (Å²) in [6.07, 6.45) is 21.9. The van der Waals surface area contributed by atoms with Crippen LogP contribution in [0.25, 0.3) is 0 Å². The largest absolute Gasteiger partial charge is 0.0885 e. The molecule has 0 aliphatic rings. The molecule has 0 heteroatoms. The van der Waals surface area contributed by atoms with Crippen LogP contribution in [0, 0.1) is 6.92 Å². The maximum atomic E-state index is 3.85. The molecule has 93 valence electrons. The second-order valence-corrected chi connectivity index (χ2v) is 4.37. The van der Waals surface area contributed by atoms with E-state index in [2.05, 4.69) is 38.2 Å². The fourth-order valence-electron chi connectivity index (χ4n) is 1.60. The highest BCUT2D eigenvalue weighted by atomic mass is 13.9. The minimum absolute atomic E-state index is 1.09. The van der Waals surface area contributed by atoms with E-state index < -0.39 is 0 Å². The monoisotopic (exact) mass is 221 g/mol. The SMILES string of the molecule is [CH2]CCCCC/C=C/CC/C=C\CCCC. The van der Waals surface area contributed by atoms with E-state index in [1.165, 1.54) is 57.8 Å². The summed E-state index contributed by atoms with van der Waals surface area (Å²) in [5.41, 5.74) is 0.